The first-order valence-electron chi connectivity index (χ1n) is 9.37. The second kappa shape index (κ2) is 6.59. The first-order valence-corrected chi connectivity index (χ1v) is 10.4. The van der Waals surface area contributed by atoms with E-state index in [2.05, 4.69) is 10.2 Å². The van der Waals surface area contributed by atoms with Crippen LogP contribution >= 0.6 is 11.8 Å². The van der Waals surface area contributed by atoms with Crippen molar-refractivity contribution < 1.29 is 14.3 Å². The van der Waals surface area contributed by atoms with Gasteiger partial charge in [0.15, 0.2) is 10.9 Å². The molecule has 1 spiro atoms. The summed E-state index contributed by atoms with van der Waals surface area (Å²) in [5.74, 6) is 0.348. The zero-order valence-corrected chi connectivity index (χ0v) is 16.3. The Morgan fingerprint density at radius 1 is 1.36 bits per heavy atom. The summed E-state index contributed by atoms with van der Waals surface area (Å²) in [5, 5.41) is 8.54. The first kappa shape index (κ1) is 17.7. The maximum atomic E-state index is 12.9. The number of hydrogen-bond donors (Lipinski definition) is 0. The molecule has 28 heavy (non-hydrogen) atoms. The highest BCUT2D eigenvalue weighted by atomic mass is 32.2. The Morgan fingerprint density at radius 2 is 2.18 bits per heavy atom. The summed E-state index contributed by atoms with van der Waals surface area (Å²) in [6, 6.07) is 9.68. The van der Waals surface area contributed by atoms with Gasteiger partial charge in [0.1, 0.15) is 6.33 Å². The third-order valence-electron chi connectivity index (χ3n) is 5.95. The second-order valence-corrected chi connectivity index (χ2v) is 8.36. The highest BCUT2D eigenvalue weighted by Gasteiger charge is 2.65. The molecule has 1 aromatic carbocycles. The Balaban J connectivity index is 1.34. The number of thioether (sulfide) groups is 1. The van der Waals surface area contributed by atoms with Crippen LogP contribution in [0.5, 0.6) is 0 Å². The number of ether oxygens (including phenoxy) is 1. The fourth-order valence-corrected chi connectivity index (χ4v) is 5.45. The summed E-state index contributed by atoms with van der Waals surface area (Å²) in [6.07, 6.45) is 2.60. The van der Waals surface area contributed by atoms with Crippen LogP contribution in [0.3, 0.4) is 0 Å². The Labute approximate surface area is 166 Å². The Bertz CT molecular complexity index is 919. The molecular weight excluding hydrogens is 378 g/mol. The summed E-state index contributed by atoms with van der Waals surface area (Å²) in [5.41, 5.74) is 0.402. The lowest BCUT2D eigenvalue weighted by molar-refractivity contribution is -0.140. The quantitative estimate of drug-likeness (QED) is 0.719. The Hall–Kier alpha value is -2.39. The summed E-state index contributed by atoms with van der Waals surface area (Å²) < 4.78 is 8.04. The van der Waals surface area contributed by atoms with Gasteiger partial charge in [-0.1, -0.05) is 42.1 Å². The fourth-order valence-electron chi connectivity index (χ4n) is 4.68. The maximum Gasteiger partial charge on any atom is 0.233 e. The predicted octanol–water partition coefficient (Wildman–Crippen LogP) is 1.21. The monoisotopic (exact) mass is 399 g/mol. The van der Waals surface area contributed by atoms with Crippen LogP contribution < -0.4 is 0 Å². The van der Waals surface area contributed by atoms with Crippen molar-refractivity contribution in [2.24, 2.45) is 7.05 Å². The molecule has 0 unspecified atom stereocenters. The van der Waals surface area contributed by atoms with Crippen molar-refractivity contribution in [3.8, 4) is 0 Å². The zero-order chi connectivity index (χ0) is 19.3. The zero-order valence-electron chi connectivity index (χ0n) is 15.5. The van der Waals surface area contributed by atoms with Crippen molar-refractivity contribution in [1.29, 1.82) is 0 Å². The van der Waals surface area contributed by atoms with E-state index in [-0.39, 0.29) is 29.7 Å². The molecule has 1 aromatic heterocycles. The van der Waals surface area contributed by atoms with Crippen LogP contribution in [0, 0.1) is 0 Å². The molecule has 5 rings (SSSR count). The molecule has 0 radical (unpaired) electrons. The lowest BCUT2D eigenvalue weighted by Crippen LogP contribution is -2.49. The molecule has 3 saturated heterocycles. The minimum atomic E-state index is -0.678. The SMILES string of the molecule is Cn1cnnc1SCC(=O)N1CC[C@@]23OC[C@@H](c4ccccc4)N2C(=O)C[C@@H]13. The molecule has 0 bridgehead atoms. The molecule has 2 amide bonds. The van der Waals surface area contributed by atoms with Crippen molar-refractivity contribution in [2.45, 2.75) is 35.8 Å². The van der Waals surface area contributed by atoms with Gasteiger partial charge in [-0.3, -0.25) is 9.59 Å². The molecule has 3 aliphatic rings. The van der Waals surface area contributed by atoms with E-state index in [1.54, 1.807) is 10.9 Å². The number of aromatic nitrogens is 3. The Kier molecular flexibility index (Phi) is 4.17. The normalized spacial score (nSPS) is 28.7. The first-order chi connectivity index (χ1) is 13.6. The number of hydrogen-bond acceptors (Lipinski definition) is 6. The third-order valence-corrected chi connectivity index (χ3v) is 6.97. The molecule has 2 aromatic rings. The van der Waals surface area contributed by atoms with Gasteiger partial charge in [0.25, 0.3) is 0 Å². The van der Waals surface area contributed by atoms with Gasteiger partial charge in [-0.25, -0.2) is 0 Å². The largest absolute Gasteiger partial charge is 0.351 e. The number of carbonyl (C=O) groups is 2. The van der Waals surface area contributed by atoms with Gasteiger partial charge in [-0.2, -0.15) is 0 Å². The molecule has 0 saturated carbocycles. The number of aryl methyl sites for hydroxylation is 1. The number of rotatable bonds is 4. The molecule has 146 valence electrons. The number of likely N-dealkylation sites (tertiary alicyclic amines) is 1. The van der Waals surface area contributed by atoms with E-state index in [4.69, 9.17) is 4.74 Å². The van der Waals surface area contributed by atoms with Gasteiger partial charge in [0.05, 0.1) is 30.9 Å². The average Bonchev–Trinajstić information content (AvgIpc) is 3.43. The molecule has 0 N–H and O–H groups in total. The molecule has 3 aliphatic heterocycles. The van der Waals surface area contributed by atoms with Crippen LogP contribution in [-0.4, -0.2) is 67.0 Å². The lowest BCUT2D eigenvalue weighted by Gasteiger charge is -2.33. The highest BCUT2D eigenvalue weighted by Crippen LogP contribution is 2.51. The predicted molar refractivity (Wildman–Crippen MR) is 101 cm³/mol. The van der Waals surface area contributed by atoms with Crippen LogP contribution in [0.1, 0.15) is 24.4 Å². The molecule has 0 aliphatic carbocycles. The van der Waals surface area contributed by atoms with Crippen molar-refractivity contribution in [3.63, 3.8) is 0 Å². The van der Waals surface area contributed by atoms with Crippen molar-refractivity contribution in [1.82, 2.24) is 24.6 Å². The van der Waals surface area contributed by atoms with Crippen LogP contribution in [0.2, 0.25) is 0 Å². The van der Waals surface area contributed by atoms with Gasteiger partial charge < -0.3 is 19.1 Å². The van der Waals surface area contributed by atoms with Gasteiger partial charge in [0.2, 0.25) is 11.8 Å². The van der Waals surface area contributed by atoms with E-state index in [1.807, 2.05) is 47.2 Å². The fraction of sp³-hybridized carbons (Fsp3) is 0.474. The van der Waals surface area contributed by atoms with E-state index in [9.17, 15) is 9.59 Å². The highest BCUT2D eigenvalue weighted by molar-refractivity contribution is 7.99. The van der Waals surface area contributed by atoms with Gasteiger partial charge in [-0.05, 0) is 5.56 Å². The minimum absolute atomic E-state index is 0.0105. The van der Waals surface area contributed by atoms with Gasteiger partial charge >= 0.3 is 0 Å². The van der Waals surface area contributed by atoms with E-state index in [1.165, 1.54) is 11.8 Å². The second-order valence-electron chi connectivity index (χ2n) is 7.42. The third kappa shape index (κ3) is 2.56. The van der Waals surface area contributed by atoms with E-state index in [0.717, 1.165) is 5.56 Å². The van der Waals surface area contributed by atoms with E-state index in [0.29, 0.717) is 31.1 Å². The molecule has 3 fully saturated rings. The number of amides is 2. The molecule has 8 nitrogen and oxygen atoms in total. The van der Waals surface area contributed by atoms with E-state index >= 15 is 0 Å². The number of carbonyl (C=O) groups excluding carboxylic acids is 2. The number of nitrogens with zero attached hydrogens (tertiary/aromatic N) is 5. The minimum Gasteiger partial charge on any atom is -0.351 e. The topological polar surface area (TPSA) is 80.6 Å². The average molecular weight is 399 g/mol. The van der Waals surface area contributed by atoms with Crippen molar-refractivity contribution in [3.05, 3.63) is 42.2 Å². The summed E-state index contributed by atoms with van der Waals surface area (Å²) in [6.45, 7) is 1.08. The van der Waals surface area contributed by atoms with Crippen molar-refractivity contribution >= 4 is 23.6 Å². The molecular formula is C19H21N5O3S. The van der Waals surface area contributed by atoms with Gasteiger partial charge in [-0.15, -0.1) is 10.2 Å². The lowest BCUT2D eigenvalue weighted by atomic mass is 10.0. The molecule has 4 heterocycles. The summed E-state index contributed by atoms with van der Waals surface area (Å²) >= 11 is 1.36. The standard InChI is InChI=1S/C19H21N5O3S/c1-22-12-20-21-18(22)28-11-17(26)23-8-7-19-15(23)9-16(25)24(19)14(10-27-19)13-5-3-2-4-6-13/h2-6,12,14-15H,7-11H2,1H3/t14-,15+,19-/m0/s1. The summed E-state index contributed by atoms with van der Waals surface area (Å²) in [7, 11) is 1.85. The van der Waals surface area contributed by atoms with Crippen LogP contribution in [0.4, 0.5) is 0 Å². The van der Waals surface area contributed by atoms with Gasteiger partial charge in [0, 0.05) is 20.0 Å². The van der Waals surface area contributed by atoms with Crippen molar-refractivity contribution in [2.75, 3.05) is 18.9 Å². The smallest absolute Gasteiger partial charge is 0.233 e. The Morgan fingerprint density at radius 3 is 2.93 bits per heavy atom. The van der Waals surface area contributed by atoms with Crippen LogP contribution in [-0.2, 0) is 21.4 Å². The van der Waals surface area contributed by atoms with E-state index < -0.39 is 5.72 Å². The molecule has 3 atom stereocenters. The molecule has 9 heteroatoms. The summed E-state index contributed by atoms with van der Waals surface area (Å²) in [4.78, 5) is 29.5. The number of benzene rings is 1. The van der Waals surface area contributed by atoms with Crippen LogP contribution in [0.15, 0.2) is 41.8 Å². The van der Waals surface area contributed by atoms with Crippen LogP contribution in [0.25, 0.3) is 0 Å². The maximum absolute atomic E-state index is 12.9.